The Labute approximate surface area is 94.5 Å². The van der Waals surface area contributed by atoms with Crippen molar-refractivity contribution in [3.8, 4) is 0 Å². The van der Waals surface area contributed by atoms with Gasteiger partial charge in [0.2, 0.25) is 0 Å². The maximum Gasteiger partial charge on any atom is 0.163 e. The number of carbonyl (C=O) groups is 1. The number of nitrogen functional groups attached to an aromatic ring is 1. The number of nitrogens with two attached hydrogens (primary N) is 1. The normalized spacial score (nSPS) is 18.6. The molecule has 0 saturated heterocycles. The lowest BCUT2D eigenvalue weighted by Gasteiger charge is -2.29. The van der Waals surface area contributed by atoms with Crippen LogP contribution in [-0.4, -0.2) is 5.78 Å². The van der Waals surface area contributed by atoms with E-state index in [1.54, 1.807) is 18.3 Å². The second-order valence-corrected chi connectivity index (χ2v) is 6.28. The summed E-state index contributed by atoms with van der Waals surface area (Å²) in [6.45, 7) is 6.13. The largest absolute Gasteiger partial charge is 0.390 e. The highest BCUT2D eigenvalue weighted by molar-refractivity contribution is 7.16. The number of rotatable bonds is 1. The first-order valence-corrected chi connectivity index (χ1v) is 6.13. The second-order valence-electron chi connectivity index (χ2n) is 5.14. The zero-order valence-electron chi connectivity index (χ0n) is 9.52. The van der Waals surface area contributed by atoms with E-state index in [1.807, 2.05) is 0 Å². The van der Waals surface area contributed by atoms with Crippen LogP contribution in [0.15, 0.2) is 0 Å². The van der Waals surface area contributed by atoms with Gasteiger partial charge in [-0.15, -0.1) is 11.3 Å². The first-order chi connectivity index (χ1) is 6.91. The van der Waals surface area contributed by atoms with Gasteiger partial charge in [0.15, 0.2) is 5.78 Å². The van der Waals surface area contributed by atoms with Crippen LogP contribution in [0, 0.1) is 5.41 Å². The number of aryl methyl sites for hydroxylation is 1. The third kappa shape index (κ3) is 1.81. The van der Waals surface area contributed by atoms with Gasteiger partial charge >= 0.3 is 0 Å². The molecule has 0 amide bonds. The van der Waals surface area contributed by atoms with Crippen molar-refractivity contribution in [3.05, 3.63) is 16.0 Å². The van der Waals surface area contributed by atoms with Gasteiger partial charge in [0.25, 0.3) is 0 Å². The van der Waals surface area contributed by atoms with Crippen LogP contribution < -0.4 is 5.73 Å². The highest BCUT2D eigenvalue weighted by atomic mass is 32.1. The van der Waals surface area contributed by atoms with Gasteiger partial charge in [-0.2, -0.15) is 0 Å². The van der Waals surface area contributed by atoms with Crippen molar-refractivity contribution in [3.63, 3.8) is 0 Å². The average Bonchev–Trinajstić information content (AvgIpc) is 2.38. The maximum absolute atomic E-state index is 11.5. The summed E-state index contributed by atoms with van der Waals surface area (Å²) in [6.07, 6.45) is 3.26. The van der Waals surface area contributed by atoms with Gasteiger partial charge in [-0.1, -0.05) is 13.8 Å². The van der Waals surface area contributed by atoms with Crippen molar-refractivity contribution in [2.24, 2.45) is 5.41 Å². The van der Waals surface area contributed by atoms with Gasteiger partial charge in [-0.25, -0.2) is 0 Å². The Morgan fingerprint density at radius 2 is 2.13 bits per heavy atom. The van der Waals surface area contributed by atoms with Crippen LogP contribution in [0.2, 0.25) is 0 Å². The Bertz CT molecular complexity index is 418. The predicted molar refractivity (Wildman–Crippen MR) is 64.5 cm³/mol. The number of Topliss-reactive ketones (excluding diaryl/α,β-unsaturated/α-hetero) is 1. The molecule has 3 heteroatoms. The Morgan fingerprint density at radius 1 is 1.47 bits per heavy atom. The molecule has 0 radical (unpaired) electrons. The molecule has 0 aromatic carbocycles. The van der Waals surface area contributed by atoms with Gasteiger partial charge in [0.1, 0.15) is 0 Å². The molecule has 2 rings (SSSR count). The van der Waals surface area contributed by atoms with Crippen LogP contribution in [0.4, 0.5) is 5.00 Å². The minimum absolute atomic E-state index is 0.114. The Kier molecular flexibility index (Phi) is 2.38. The molecule has 2 N–H and O–H groups in total. The van der Waals surface area contributed by atoms with Crippen molar-refractivity contribution in [1.82, 2.24) is 0 Å². The van der Waals surface area contributed by atoms with Crippen molar-refractivity contribution in [2.45, 2.75) is 40.0 Å². The van der Waals surface area contributed by atoms with Crippen molar-refractivity contribution < 1.29 is 4.79 Å². The summed E-state index contributed by atoms with van der Waals surface area (Å²) in [5.74, 6) is 0.114. The fourth-order valence-electron chi connectivity index (χ4n) is 2.33. The molecule has 1 aliphatic carbocycles. The monoisotopic (exact) mass is 223 g/mol. The van der Waals surface area contributed by atoms with Gasteiger partial charge in [0.05, 0.1) is 10.6 Å². The van der Waals surface area contributed by atoms with Crippen LogP contribution in [-0.2, 0) is 12.8 Å². The van der Waals surface area contributed by atoms with Crippen LogP contribution in [0.5, 0.6) is 0 Å². The molecule has 1 aromatic heterocycles. The molecule has 0 saturated carbocycles. The van der Waals surface area contributed by atoms with Gasteiger partial charge in [0, 0.05) is 4.88 Å². The van der Waals surface area contributed by atoms with Crippen LogP contribution in [0.1, 0.15) is 48.0 Å². The topological polar surface area (TPSA) is 43.1 Å². The number of hydrogen-bond donors (Lipinski definition) is 1. The van der Waals surface area contributed by atoms with E-state index in [0.29, 0.717) is 10.4 Å². The van der Waals surface area contributed by atoms with Crippen molar-refractivity contribution >= 4 is 22.1 Å². The lowest BCUT2D eigenvalue weighted by atomic mass is 9.76. The summed E-state index contributed by atoms with van der Waals surface area (Å²) in [5, 5.41) is 0.713. The average molecular weight is 223 g/mol. The van der Waals surface area contributed by atoms with Crippen LogP contribution in [0.25, 0.3) is 0 Å². The van der Waals surface area contributed by atoms with Crippen molar-refractivity contribution in [2.75, 3.05) is 5.73 Å². The van der Waals surface area contributed by atoms with E-state index >= 15 is 0 Å². The van der Waals surface area contributed by atoms with E-state index in [0.717, 1.165) is 18.4 Å². The fourth-order valence-corrected chi connectivity index (χ4v) is 3.46. The summed E-state index contributed by atoms with van der Waals surface area (Å²) in [4.78, 5) is 12.9. The first-order valence-electron chi connectivity index (χ1n) is 5.32. The standard InChI is InChI=1S/C12H17NOS/c1-7(14)10-8-6-12(2,3)5-4-9(8)15-11(10)13/h4-6,13H2,1-3H3. The third-order valence-electron chi connectivity index (χ3n) is 3.15. The number of anilines is 1. The molecular formula is C12H17NOS. The highest BCUT2D eigenvalue weighted by Gasteiger charge is 2.30. The first kappa shape index (κ1) is 10.7. The number of hydrogen-bond acceptors (Lipinski definition) is 3. The van der Waals surface area contributed by atoms with Crippen LogP contribution in [0.3, 0.4) is 0 Å². The Balaban J connectivity index is 2.51. The quantitative estimate of drug-likeness (QED) is 0.744. The molecule has 0 unspecified atom stereocenters. The minimum Gasteiger partial charge on any atom is -0.390 e. The molecule has 0 bridgehead atoms. The van der Waals surface area contributed by atoms with Gasteiger partial charge in [-0.05, 0) is 37.2 Å². The highest BCUT2D eigenvalue weighted by Crippen LogP contribution is 2.42. The predicted octanol–water partition coefficient (Wildman–Crippen LogP) is 3.05. The van der Waals surface area contributed by atoms with E-state index in [4.69, 9.17) is 5.73 Å². The molecule has 1 heterocycles. The van der Waals surface area contributed by atoms with Gasteiger partial charge in [-0.3, -0.25) is 4.79 Å². The number of thiophene rings is 1. The third-order valence-corrected chi connectivity index (χ3v) is 4.28. The second kappa shape index (κ2) is 3.34. The summed E-state index contributed by atoms with van der Waals surface area (Å²) in [6, 6.07) is 0. The molecule has 0 atom stereocenters. The Hall–Kier alpha value is -0.830. The van der Waals surface area contributed by atoms with Gasteiger partial charge < -0.3 is 5.73 Å². The molecule has 1 aromatic rings. The molecule has 2 nitrogen and oxygen atoms in total. The lowest BCUT2D eigenvalue weighted by Crippen LogP contribution is -2.22. The van der Waals surface area contributed by atoms with E-state index in [2.05, 4.69) is 13.8 Å². The lowest BCUT2D eigenvalue weighted by molar-refractivity contribution is 0.101. The summed E-state index contributed by atoms with van der Waals surface area (Å²) in [5.41, 5.74) is 8.24. The van der Waals surface area contributed by atoms with E-state index in [1.165, 1.54) is 16.9 Å². The number of ketones is 1. The van der Waals surface area contributed by atoms with E-state index in [-0.39, 0.29) is 5.78 Å². The fraction of sp³-hybridized carbons (Fsp3) is 0.583. The Morgan fingerprint density at radius 3 is 2.73 bits per heavy atom. The van der Waals surface area contributed by atoms with E-state index in [9.17, 15) is 4.79 Å². The summed E-state index contributed by atoms with van der Waals surface area (Å²) < 4.78 is 0. The zero-order chi connectivity index (χ0) is 11.2. The zero-order valence-corrected chi connectivity index (χ0v) is 10.3. The molecule has 0 aliphatic heterocycles. The summed E-state index contributed by atoms with van der Waals surface area (Å²) in [7, 11) is 0. The SMILES string of the molecule is CC(=O)c1c(N)sc2c1CC(C)(C)CC2. The molecule has 15 heavy (non-hydrogen) atoms. The van der Waals surface area contributed by atoms with Crippen LogP contribution >= 0.6 is 11.3 Å². The van der Waals surface area contributed by atoms with E-state index < -0.39 is 0 Å². The number of fused-ring (bicyclic) bond motifs is 1. The molecule has 0 spiro atoms. The minimum atomic E-state index is 0.114. The maximum atomic E-state index is 11.5. The molecule has 0 fully saturated rings. The molecular weight excluding hydrogens is 206 g/mol. The molecule has 1 aliphatic rings. The summed E-state index contributed by atoms with van der Waals surface area (Å²) >= 11 is 1.60. The number of carbonyl (C=O) groups excluding carboxylic acids is 1. The van der Waals surface area contributed by atoms with Crippen molar-refractivity contribution in [1.29, 1.82) is 0 Å². The smallest absolute Gasteiger partial charge is 0.163 e. The molecule has 82 valence electrons.